The maximum Gasteiger partial charge on any atom is 0.0991 e. The fraction of sp³-hybridized carbons (Fsp3) is 0.200. The lowest BCUT2D eigenvalue weighted by molar-refractivity contribution is 0.141. The summed E-state index contributed by atoms with van der Waals surface area (Å²) in [5, 5.41) is 30.6. The number of nitrogens with zero attached hydrogens (tertiary/aromatic N) is 6. The maximum absolute atomic E-state index is 8.81. The Bertz CT molecular complexity index is 785. The second kappa shape index (κ2) is 8.46. The largest absolute Gasteiger partial charge is 0.293 e. The molecular formula is C20H18N6. The first kappa shape index (κ1) is 17.2. The van der Waals surface area contributed by atoms with Gasteiger partial charge in [-0.25, -0.2) is 0 Å². The van der Waals surface area contributed by atoms with Crippen LogP contribution in [0.25, 0.3) is 0 Å². The number of nitriles is 2. The Morgan fingerprint density at radius 3 is 1.31 bits per heavy atom. The van der Waals surface area contributed by atoms with Crippen LogP contribution in [0, 0.1) is 22.7 Å². The van der Waals surface area contributed by atoms with Crippen molar-refractivity contribution in [1.82, 2.24) is 10.0 Å². The molecule has 0 amide bonds. The normalized spacial score (nSPS) is 14.5. The Morgan fingerprint density at radius 2 is 1.00 bits per heavy atom. The van der Waals surface area contributed by atoms with E-state index in [0.717, 1.165) is 37.3 Å². The minimum absolute atomic E-state index is 0.649. The van der Waals surface area contributed by atoms with Crippen molar-refractivity contribution < 1.29 is 0 Å². The quantitative estimate of drug-likeness (QED) is 0.799. The highest BCUT2D eigenvalue weighted by Gasteiger charge is 2.12. The number of rotatable bonds is 4. The Kier molecular flexibility index (Phi) is 5.59. The van der Waals surface area contributed by atoms with Crippen molar-refractivity contribution in [3.8, 4) is 12.1 Å². The molecule has 0 saturated carbocycles. The zero-order chi connectivity index (χ0) is 18.2. The summed E-state index contributed by atoms with van der Waals surface area (Å²) >= 11 is 0. The van der Waals surface area contributed by atoms with Crippen molar-refractivity contribution in [2.24, 2.45) is 10.2 Å². The zero-order valence-corrected chi connectivity index (χ0v) is 14.3. The van der Waals surface area contributed by atoms with Crippen LogP contribution in [0.1, 0.15) is 22.3 Å². The highest BCUT2D eigenvalue weighted by Crippen LogP contribution is 2.06. The summed E-state index contributed by atoms with van der Waals surface area (Å²) in [7, 11) is 0. The van der Waals surface area contributed by atoms with Crippen LogP contribution in [-0.4, -0.2) is 48.6 Å². The number of hydrazone groups is 2. The third-order valence-corrected chi connectivity index (χ3v) is 4.05. The van der Waals surface area contributed by atoms with E-state index < -0.39 is 0 Å². The van der Waals surface area contributed by atoms with E-state index in [0.29, 0.717) is 11.1 Å². The van der Waals surface area contributed by atoms with E-state index in [1.54, 1.807) is 24.3 Å². The Labute approximate surface area is 152 Å². The summed E-state index contributed by atoms with van der Waals surface area (Å²) in [6, 6.07) is 18.9. The van der Waals surface area contributed by atoms with Gasteiger partial charge in [0.15, 0.2) is 0 Å². The maximum atomic E-state index is 8.81. The molecule has 1 aliphatic rings. The van der Waals surface area contributed by atoms with E-state index in [1.807, 2.05) is 46.7 Å². The van der Waals surface area contributed by atoms with Gasteiger partial charge in [0.2, 0.25) is 0 Å². The van der Waals surface area contributed by atoms with Gasteiger partial charge in [-0.3, -0.25) is 10.0 Å². The molecule has 0 N–H and O–H groups in total. The lowest BCUT2D eigenvalue weighted by atomic mass is 10.2. The predicted molar refractivity (Wildman–Crippen MR) is 101 cm³/mol. The molecule has 0 unspecified atom stereocenters. The van der Waals surface area contributed by atoms with Crippen molar-refractivity contribution in [3.05, 3.63) is 70.8 Å². The van der Waals surface area contributed by atoms with Gasteiger partial charge in [0.05, 0.1) is 61.9 Å². The van der Waals surface area contributed by atoms with Crippen molar-refractivity contribution in [1.29, 1.82) is 10.5 Å². The van der Waals surface area contributed by atoms with Gasteiger partial charge in [0.25, 0.3) is 0 Å². The Balaban J connectivity index is 1.49. The summed E-state index contributed by atoms with van der Waals surface area (Å²) in [6.07, 6.45) is 3.63. The molecule has 2 aromatic rings. The van der Waals surface area contributed by atoms with Gasteiger partial charge in [-0.1, -0.05) is 24.3 Å². The average Bonchev–Trinajstić information content (AvgIpc) is 2.72. The van der Waals surface area contributed by atoms with Gasteiger partial charge in [0, 0.05) is 0 Å². The van der Waals surface area contributed by atoms with Crippen LogP contribution < -0.4 is 0 Å². The fourth-order valence-corrected chi connectivity index (χ4v) is 2.50. The first-order chi connectivity index (χ1) is 12.8. The van der Waals surface area contributed by atoms with Crippen LogP contribution >= 0.6 is 0 Å². The second-order valence-electron chi connectivity index (χ2n) is 5.86. The third-order valence-electron chi connectivity index (χ3n) is 4.05. The lowest BCUT2D eigenvalue weighted by Crippen LogP contribution is -2.41. The highest BCUT2D eigenvalue weighted by atomic mass is 15.5. The minimum atomic E-state index is 0.649. The molecule has 0 aliphatic carbocycles. The first-order valence-corrected chi connectivity index (χ1v) is 8.35. The standard InChI is InChI=1S/C20H18N6/c21-13-17-1-5-19(6-2-17)15-23-25-9-11-26(12-10-25)24-16-20-7-3-18(14-22)4-8-20/h1-8,15-16H,9-12H2/b23-15+,24-16+. The summed E-state index contributed by atoms with van der Waals surface area (Å²) in [4.78, 5) is 0. The van der Waals surface area contributed by atoms with E-state index in [-0.39, 0.29) is 0 Å². The fourth-order valence-electron chi connectivity index (χ4n) is 2.50. The summed E-state index contributed by atoms with van der Waals surface area (Å²) < 4.78 is 0. The zero-order valence-electron chi connectivity index (χ0n) is 14.3. The SMILES string of the molecule is N#Cc1ccc(/C=N/N2CCN(/N=C/c3ccc(C#N)cc3)CC2)cc1. The van der Waals surface area contributed by atoms with Crippen LogP contribution in [-0.2, 0) is 0 Å². The molecule has 6 heteroatoms. The molecule has 0 bridgehead atoms. The van der Waals surface area contributed by atoms with Gasteiger partial charge in [-0.05, 0) is 35.4 Å². The number of hydrogen-bond donors (Lipinski definition) is 0. The molecule has 6 nitrogen and oxygen atoms in total. The van der Waals surface area contributed by atoms with E-state index in [4.69, 9.17) is 10.5 Å². The molecule has 3 rings (SSSR count). The molecule has 0 aromatic heterocycles. The van der Waals surface area contributed by atoms with Crippen LogP contribution in [0.15, 0.2) is 58.7 Å². The lowest BCUT2D eigenvalue weighted by Gasteiger charge is -2.31. The van der Waals surface area contributed by atoms with Gasteiger partial charge >= 0.3 is 0 Å². The van der Waals surface area contributed by atoms with Crippen LogP contribution in [0.2, 0.25) is 0 Å². The molecule has 1 saturated heterocycles. The first-order valence-electron chi connectivity index (χ1n) is 8.35. The molecule has 2 aromatic carbocycles. The van der Waals surface area contributed by atoms with E-state index in [2.05, 4.69) is 22.3 Å². The van der Waals surface area contributed by atoms with E-state index in [1.165, 1.54) is 0 Å². The number of benzene rings is 2. The summed E-state index contributed by atoms with van der Waals surface area (Å²) in [6.45, 7) is 3.21. The highest BCUT2D eigenvalue weighted by molar-refractivity contribution is 5.80. The van der Waals surface area contributed by atoms with Crippen molar-refractivity contribution in [3.63, 3.8) is 0 Å². The molecule has 0 atom stereocenters. The molecular weight excluding hydrogens is 324 g/mol. The van der Waals surface area contributed by atoms with Gasteiger partial charge in [0.1, 0.15) is 0 Å². The smallest absolute Gasteiger partial charge is 0.0991 e. The second-order valence-corrected chi connectivity index (χ2v) is 5.86. The number of piperazine rings is 1. The third kappa shape index (κ3) is 4.68. The van der Waals surface area contributed by atoms with Crippen molar-refractivity contribution in [2.45, 2.75) is 0 Å². The predicted octanol–water partition coefficient (Wildman–Crippen LogP) is 2.42. The van der Waals surface area contributed by atoms with Gasteiger partial charge in [-0.2, -0.15) is 20.7 Å². The molecule has 26 heavy (non-hydrogen) atoms. The molecule has 0 spiro atoms. The molecule has 1 aliphatic heterocycles. The molecule has 1 heterocycles. The topological polar surface area (TPSA) is 78.8 Å². The molecule has 0 radical (unpaired) electrons. The Morgan fingerprint density at radius 1 is 0.654 bits per heavy atom. The molecule has 1 fully saturated rings. The van der Waals surface area contributed by atoms with Crippen molar-refractivity contribution in [2.75, 3.05) is 26.2 Å². The van der Waals surface area contributed by atoms with E-state index >= 15 is 0 Å². The van der Waals surface area contributed by atoms with Crippen LogP contribution in [0.5, 0.6) is 0 Å². The van der Waals surface area contributed by atoms with E-state index in [9.17, 15) is 0 Å². The van der Waals surface area contributed by atoms with Crippen LogP contribution in [0.3, 0.4) is 0 Å². The van der Waals surface area contributed by atoms with Crippen LogP contribution in [0.4, 0.5) is 0 Å². The minimum Gasteiger partial charge on any atom is -0.293 e. The monoisotopic (exact) mass is 342 g/mol. The summed E-state index contributed by atoms with van der Waals surface area (Å²) in [5.74, 6) is 0. The Hall–Kier alpha value is -3.64. The van der Waals surface area contributed by atoms with Crippen molar-refractivity contribution >= 4 is 12.4 Å². The average molecular weight is 342 g/mol. The van der Waals surface area contributed by atoms with Gasteiger partial charge in [-0.15, -0.1) is 0 Å². The molecule has 128 valence electrons. The number of hydrogen-bond acceptors (Lipinski definition) is 6. The summed E-state index contributed by atoms with van der Waals surface area (Å²) in [5.41, 5.74) is 3.25. The van der Waals surface area contributed by atoms with Gasteiger partial charge < -0.3 is 0 Å².